The fourth-order valence-corrected chi connectivity index (χ4v) is 1.52. The van der Waals surface area contributed by atoms with E-state index in [1.54, 1.807) is 0 Å². The topological polar surface area (TPSA) is 55.5 Å². The highest BCUT2D eigenvalue weighted by Crippen LogP contribution is 2.37. The van der Waals surface area contributed by atoms with Crippen molar-refractivity contribution in [1.29, 1.82) is 0 Å². The van der Waals surface area contributed by atoms with Crippen molar-refractivity contribution < 1.29 is 9.84 Å². The van der Waals surface area contributed by atoms with Gasteiger partial charge in [0.05, 0.1) is 5.60 Å². The van der Waals surface area contributed by atoms with Gasteiger partial charge in [-0.1, -0.05) is 12.8 Å². The number of rotatable bonds is 7. The van der Waals surface area contributed by atoms with E-state index in [1.807, 2.05) is 0 Å². The van der Waals surface area contributed by atoms with E-state index in [4.69, 9.17) is 15.6 Å². The molecule has 0 amide bonds. The molecule has 1 aliphatic rings. The van der Waals surface area contributed by atoms with Crippen LogP contribution in [0.3, 0.4) is 0 Å². The summed E-state index contributed by atoms with van der Waals surface area (Å²) in [4.78, 5) is 0. The van der Waals surface area contributed by atoms with E-state index >= 15 is 0 Å². The van der Waals surface area contributed by atoms with Crippen LogP contribution in [0.1, 0.15) is 32.6 Å². The van der Waals surface area contributed by atoms with Crippen LogP contribution >= 0.6 is 0 Å². The fraction of sp³-hybridized carbons (Fsp3) is 1.00. The average Bonchev–Trinajstić information content (AvgIpc) is 2.89. The van der Waals surface area contributed by atoms with E-state index in [0.29, 0.717) is 19.6 Å². The van der Waals surface area contributed by atoms with Gasteiger partial charge in [0, 0.05) is 19.8 Å². The van der Waals surface area contributed by atoms with Gasteiger partial charge in [-0.25, -0.2) is 0 Å². The summed E-state index contributed by atoms with van der Waals surface area (Å²) in [5.74, 6) is 0.836. The third-order valence-electron chi connectivity index (χ3n) is 2.60. The van der Waals surface area contributed by atoms with Gasteiger partial charge < -0.3 is 15.6 Å². The molecule has 0 spiro atoms. The lowest BCUT2D eigenvalue weighted by atomic mass is 9.99. The lowest BCUT2D eigenvalue weighted by Gasteiger charge is -2.28. The van der Waals surface area contributed by atoms with E-state index in [9.17, 15) is 0 Å². The van der Waals surface area contributed by atoms with Gasteiger partial charge in [0.15, 0.2) is 0 Å². The molecule has 0 aromatic rings. The van der Waals surface area contributed by atoms with Crippen LogP contribution in [0.2, 0.25) is 0 Å². The SMILES string of the molecule is CC(CN)(CC1CC1)OCCCO. The normalized spacial score (nSPS) is 21.5. The number of hydrogen-bond donors (Lipinski definition) is 2. The van der Waals surface area contributed by atoms with Crippen LogP contribution < -0.4 is 5.73 Å². The average molecular weight is 187 g/mol. The molecule has 1 unspecified atom stereocenters. The van der Waals surface area contributed by atoms with Gasteiger partial charge in [-0.3, -0.25) is 0 Å². The van der Waals surface area contributed by atoms with Crippen molar-refractivity contribution in [1.82, 2.24) is 0 Å². The lowest BCUT2D eigenvalue weighted by Crippen LogP contribution is -2.38. The van der Waals surface area contributed by atoms with E-state index in [0.717, 1.165) is 12.3 Å². The Morgan fingerprint density at radius 3 is 2.69 bits per heavy atom. The number of aliphatic hydroxyl groups is 1. The molecular weight excluding hydrogens is 166 g/mol. The Hall–Kier alpha value is -0.120. The Morgan fingerprint density at radius 2 is 2.23 bits per heavy atom. The zero-order chi connectivity index (χ0) is 9.73. The second-order valence-electron chi connectivity index (χ2n) is 4.23. The quantitative estimate of drug-likeness (QED) is 0.582. The predicted octanol–water partition coefficient (Wildman–Crippen LogP) is 0.903. The zero-order valence-electron chi connectivity index (χ0n) is 8.46. The number of hydrogen-bond acceptors (Lipinski definition) is 3. The smallest absolute Gasteiger partial charge is 0.0778 e. The molecule has 3 nitrogen and oxygen atoms in total. The van der Waals surface area contributed by atoms with Crippen molar-refractivity contribution >= 4 is 0 Å². The Morgan fingerprint density at radius 1 is 1.54 bits per heavy atom. The van der Waals surface area contributed by atoms with Gasteiger partial charge in [-0.05, 0) is 25.7 Å². The van der Waals surface area contributed by atoms with Crippen molar-refractivity contribution in [2.24, 2.45) is 11.7 Å². The lowest BCUT2D eigenvalue weighted by molar-refractivity contribution is -0.0388. The number of nitrogens with two attached hydrogens (primary N) is 1. The molecule has 13 heavy (non-hydrogen) atoms. The molecular formula is C10H21NO2. The minimum Gasteiger partial charge on any atom is -0.396 e. The van der Waals surface area contributed by atoms with E-state index in [-0.39, 0.29) is 12.2 Å². The molecule has 1 saturated carbocycles. The highest BCUT2D eigenvalue weighted by molar-refractivity contribution is 4.85. The molecule has 3 N–H and O–H groups in total. The largest absolute Gasteiger partial charge is 0.396 e. The van der Waals surface area contributed by atoms with Crippen LogP contribution in [-0.4, -0.2) is 30.5 Å². The first kappa shape index (κ1) is 11.0. The number of ether oxygens (including phenoxy) is 1. The molecule has 0 bridgehead atoms. The third kappa shape index (κ3) is 4.07. The summed E-state index contributed by atoms with van der Waals surface area (Å²) in [7, 11) is 0. The summed E-state index contributed by atoms with van der Waals surface area (Å²) in [6.45, 7) is 3.47. The van der Waals surface area contributed by atoms with E-state index in [2.05, 4.69) is 6.92 Å². The Labute approximate surface area is 80.3 Å². The molecule has 78 valence electrons. The van der Waals surface area contributed by atoms with Crippen LogP contribution in [0.5, 0.6) is 0 Å². The van der Waals surface area contributed by atoms with E-state index < -0.39 is 0 Å². The van der Waals surface area contributed by atoms with Crippen LogP contribution in [-0.2, 0) is 4.74 Å². The maximum absolute atomic E-state index is 8.62. The first-order chi connectivity index (χ1) is 6.20. The molecule has 0 heterocycles. The molecule has 1 fully saturated rings. The highest BCUT2D eigenvalue weighted by Gasteiger charge is 2.32. The zero-order valence-corrected chi connectivity index (χ0v) is 8.46. The van der Waals surface area contributed by atoms with Crippen LogP contribution in [0, 0.1) is 5.92 Å². The summed E-state index contributed by atoms with van der Waals surface area (Å²) in [6.07, 6.45) is 4.45. The van der Waals surface area contributed by atoms with Gasteiger partial charge in [0.1, 0.15) is 0 Å². The summed E-state index contributed by atoms with van der Waals surface area (Å²) in [5.41, 5.74) is 5.52. The summed E-state index contributed by atoms with van der Waals surface area (Å²) in [5, 5.41) is 8.62. The molecule has 0 aromatic carbocycles. The summed E-state index contributed by atoms with van der Waals surface area (Å²) in [6, 6.07) is 0. The molecule has 1 aliphatic carbocycles. The molecule has 0 aromatic heterocycles. The molecule has 1 atom stereocenters. The van der Waals surface area contributed by atoms with Crippen molar-refractivity contribution in [3.63, 3.8) is 0 Å². The fourth-order valence-electron chi connectivity index (χ4n) is 1.52. The van der Waals surface area contributed by atoms with Crippen LogP contribution in [0.4, 0.5) is 0 Å². The third-order valence-corrected chi connectivity index (χ3v) is 2.60. The maximum Gasteiger partial charge on any atom is 0.0778 e. The summed E-state index contributed by atoms with van der Waals surface area (Å²) < 4.78 is 5.68. The minimum absolute atomic E-state index is 0.156. The Kier molecular flexibility index (Phi) is 4.16. The first-order valence-electron chi connectivity index (χ1n) is 5.15. The number of aliphatic hydroxyl groups excluding tert-OH is 1. The Bertz CT molecular complexity index is 148. The van der Waals surface area contributed by atoms with Crippen LogP contribution in [0.15, 0.2) is 0 Å². The monoisotopic (exact) mass is 187 g/mol. The minimum atomic E-state index is -0.156. The van der Waals surface area contributed by atoms with Gasteiger partial charge in [-0.15, -0.1) is 0 Å². The van der Waals surface area contributed by atoms with Crippen molar-refractivity contribution in [2.45, 2.75) is 38.2 Å². The van der Waals surface area contributed by atoms with Gasteiger partial charge in [0.2, 0.25) is 0 Å². The standard InChI is InChI=1S/C10H21NO2/c1-10(8-11,7-9-3-4-9)13-6-2-5-12/h9,12H,2-8,11H2,1H3. The van der Waals surface area contributed by atoms with E-state index in [1.165, 1.54) is 12.8 Å². The first-order valence-corrected chi connectivity index (χ1v) is 5.15. The molecule has 0 radical (unpaired) electrons. The second-order valence-corrected chi connectivity index (χ2v) is 4.23. The summed E-state index contributed by atoms with van der Waals surface area (Å²) >= 11 is 0. The Balaban J connectivity index is 2.20. The molecule has 1 rings (SSSR count). The molecule has 0 aliphatic heterocycles. The second kappa shape index (κ2) is 4.94. The predicted molar refractivity (Wildman–Crippen MR) is 52.5 cm³/mol. The molecule has 3 heteroatoms. The van der Waals surface area contributed by atoms with Crippen molar-refractivity contribution in [3.05, 3.63) is 0 Å². The maximum atomic E-state index is 8.62. The van der Waals surface area contributed by atoms with Crippen molar-refractivity contribution in [3.8, 4) is 0 Å². The molecule has 0 saturated heterocycles. The van der Waals surface area contributed by atoms with Gasteiger partial charge in [-0.2, -0.15) is 0 Å². The van der Waals surface area contributed by atoms with Gasteiger partial charge in [0.25, 0.3) is 0 Å². The highest BCUT2D eigenvalue weighted by atomic mass is 16.5. The van der Waals surface area contributed by atoms with Crippen molar-refractivity contribution in [2.75, 3.05) is 19.8 Å². The van der Waals surface area contributed by atoms with Crippen LogP contribution in [0.25, 0.3) is 0 Å². The van der Waals surface area contributed by atoms with Gasteiger partial charge >= 0.3 is 0 Å².